The van der Waals surface area contributed by atoms with Crippen LogP contribution in [0.3, 0.4) is 0 Å². The number of hydrogen-bond donors (Lipinski definition) is 2. The summed E-state index contributed by atoms with van der Waals surface area (Å²) < 4.78 is 1.73. The molecule has 0 aliphatic carbocycles. The van der Waals surface area contributed by atoms with Crippen molar-refractivity contribution in [2.24, 2.45) is 7.05 Å². The molecule has 0 bridgehead atoms. The second-order valence-electron chi connectivity index (χ2n) is 3.97. The van der Waals surface area contributed by atoms with E-state index in [1.54, 1.807) is 16.9 Å². The molecule has 0 amide bonds. The van der Waals surface area contributed by atoms with Crippen LogP contribution in [0.1, 0.15) is 21.6 Å². The van der Waals surface area contributed by atoms with E-state index in [2.05, 4.69) is 15.4 Å². The third kappa shape index (κ3) is 2.48. The number of anilines is 1. The van der Waals surface area contributed by atoms with Gasteiger partial charge in [0.25, 0.3) is 0 Å². The molecule has 2 aromatic heterocycles. The van der Waals surface area contributed by atoms with Crippen molar-refractivity contribution in [3.63, 3.8) is 0 Å². The zero-order valence-corrected chi connectivity index (χ0v) is 10.2. The molecule has 0 aromatic carbocycles. The number of hydrogen-bond acceptors (Lipinski definition) is 4. The number of aryl methyl sites for hydroxylation is 2. The fraction of sp³-hybridized carbons (Fsp3) is 0.250. The van der Waals surface area contributed by atoms with E-state index in [0.29, 0.717) is 12.4 Å². The SMILES string of the molecule is Cc1nn(C)cc1CNc1ncccc1C(=O)O. The van der Waals surface area contributed by atoms with E-state index in [-0.39, 0.29) is 5.56 Å². The summed E-state index contributed by atoms with van der Waals surface area (Å²) in [6.45, 7) is 2.41. The molecule has 2 heterocycles. The van der Waals surface area contributed by atoms with Crippen LogP contribution in [0.5, 0.6) is 0 Å². The molecule has 0 saturated heterocycles. The Hall–Kier alpha value is -2.37. The number of aromatic carboxylic acids is 1. The van der Waals surface area contributed by atoms with Gasteiger partial charge in [0, 0.05) is 31.5 Å². The quantitative estimate of drug-likeness (QED) is 0.853. The van der Waals surface area contributed by atoms with Crippen LogP contribution >= 0.6 is 0 Å². The minimum absolute atomic E-state index is 0.166. The molecule has 18 heavy (non-hydrogen) atoms. The maximum Gasteiger partial charge on any atom is 0.339 e. The monoisotopic (exact) mass is 246 g/mol. The summed E-state index contributed by atoms with van der Waals surface area (Å²) in [5.41, 5.74) is 2.09. The lowest BCUT2D eigenvalue weighted by Crippen LogP contribution is -2.08. The highest BCUT2D eigenvalue weighted by atomic mass is 16.4. The predicted octanol–water partition coefficient (Wildman–Crippen LogP) is 1.43. The van der Waals surface area contributed by atoms with Gasteiger partial charge in [0.1, 0.15) is 11.4 Å². The molecular formula is C12H14N4O2. The van der Waals surface area contributed by atoms with E-state index in [4.69, 9.17) is 5.11 Å². The lowest BCUT2D eigenvalue weighted by Gasteiger charge is -2.07. The predicted molar refractivity (Wildman–Crippen MR) is 66.5 cm³/mol. The second kappa shape index (κ2) is 4.87. The molecule has 2 rings (SSSR count). The van der Waals surface area contributed by atoms with Gasteiger partial charge in [-0.1, -0.05) is 0 Å². The maximum atomic E-state index is 11.0. The number of pyridine rings is 1. The topological polar surface area (TPSA) is 80.0 Å². The highest BCUT2D eigenvalue weighted by molar-refractivity contribution is 5.92. The smallest absolute Gasteiger partial charge is 0.339 e. The Morgan fingerprint density at radius 3 is 2.94 bits per heavy atom. The highest BCUT2D eigenvalue weighted by Crippen LogP contribution is 2.13. The van der Waals surface area contributed by atoms with Crippen molar-refractivity contribution in [1.82, 2.24) is 14.8 Å². The van der Waals surface area contributed by atoms with Gasteiger partial charge in [0.2, 0.25) is 0 Å². The fourth-order valence-corrected chi connectivity index (χ4v) is 1.72. The Bertz CT molecular complexity index is 577. The van der Waals surface area contributed by atoms with E-state index in [1.807, 2.05) is 20.2 Å². The van der Waals surface area contributed by atoms with E-state index in [0.717, 1.165) is 11.3 Å². The van der Waals surface area contributed by atoms with E-state index in [1.165, 1.54) is 6.07 Å². The van der Waals surface area contributed by atoms with E-state index < -0.39 is 5.97 Å². The van der Waals surface area contributed by atoms with Crippen molar-refractivity contribution in [3.05, 3.63) is 41.3 Å². The van der Waals surface area contributed by atoms with Gasteiger partial charge in [0.05, 0.1) is 5.69 Å². The molecule has 0 atom stereocenters. The number of carbonyl (C=O) groups is 1. The number of nitrogens with one attached hydrogen (secondary N) is 1. The van der Waals surface area contributed by atoms with Crippen molar-refractivity contribution < 1.29 is 9.90 Å². The molecule has 94 valence electrons. The molecule has 0 unspecified atom stereocenters. The van der Waals surface area contributed by atoms with Crippen molar-refractivity contribution in [1.29, 1.82) is 0 Å². The number of carboxylic acids is 1. The van der Waals surface area contributed by atoms with Crippen molar-refractivity contribution in [2.75, 3.05) is 5.32 Å². The van der Waals surface area contributed by atoms with Gasteiger partial charge in [-0.15, -0.1) is 0 Å². The fourth-order valence-electron chi connectivity index (χ4n) is 1.72. The summed E-state index contributed by atoms with van der Waals surface area (Å²) in [7, 11) is 1.85. The van der Waals surface area contributed by atoms with Gasteiger partial charge in [-0.05, 0) is 19.1 Å². The minimum atomic E-state index is -0.992. The van der Waals surface area contributed by atoms with Gasteiger partial charge >= 0.3 is 5.97 Å². The van der Waals surface area contributed by atoms with Gasteiger partial charge < -0.3 is 10.4 Å². The standard InChI is InChI=1S/C12H14N4O2/c1-8-9(7-16(2)15-8)6-14-11-10(12(17)18)4-3-5-13-11/h3-5,7H,6H2,1-2H3,(H,13,14)(H,17,18). The number of rotatable bonds is 4. The van der Waals surface area contributed by atoms with Gasteiger partial charge in [-0.2, -0.15) is 5.10 Å². The van der Waals surface area contributed by atoms with Crippen LogP contribution in [0.4, 0.5) is 5.82 Å². The zero-order valence-electron chi connectivity index (χ0n) is 10.2. The van der Waals surface area contributed by atoms with E-state index >= 15 is 0 Å². The zero-order chi connectivity index (χ0) is 13.1. The van der Waals surface area contributed by atoms with Crippen LogP contribution < -0.4 is 5.32 Å². The molecule has 6 nitrogen and oxygen atoms in total. The summed E-state index contributed by atoms with van der Waals surface area (Å²) in [4.78, 5) is 15.0. The largest absolute Gasteiger partial charge is 0.478 e. The lowest BCUT2D eigenvalue weighted by atomic mass is 10.2. The Kier molecular flexibility index (Phi) is 3.27. The normalized spacial score (nSPS) is 10.3. The lowest BCUT2D eigenvalue weighted by molar-refractivity contribution is 0.0697. The molecule has 2 aromatic rings. The molecular weight excluding hydrogens is 232 g/mol. The molecule has 0 aliphatic heterocycles. The summed E-state index contributed by atoms with van der Waals surface area (Å²) in [6, 6.07) is 3.12. The molecule has 2 N–H and O–H groups in total. The number of nitrogens with zero attached hydrogens (tertiary/aromatic N) is 3. The molecule has 0 radical (unpaired) electrons. The average Bonchev–Trinajstić information content (AvgIpc) is 2.65. The van der Waals surface area contributed by atoms with Gasteiger partial charge in [-0.3, -0.25) is 4.68 Å². The molecule has 6 heteroatoms. The van der Waals surface area contributed by atoms with Gasteiger partial charge in [-0.25, -0.2) is 9.78 Å². The average molecular weight is 246 g/mol. The van der Waals surface area contributed by atoms with Crippen LogP contribution in [-0.4, -0.2) is 25.8 Å². The third-order valence-electron chi connectivity index (χ3n) is 2.60. The van der Waals surface area contributed by atoms with Crippen molar-refractivity contribution >= 4 is 11.8 Å². The van der Waals surface area contributed by atoms with Crippen LogP contribution in [0.2, 0.25) is 0 Å². The number of carboxylic acid groups (broad SMARTS) is 1. The van der Waals surface area contributed by atoms with Crippen LogP contribution in [0.25, 0.3) is 0 Å². The van der Waals surface area contributed by atoms with Crippen molar-refractivity contribution in [2.45, 2.75) is 13.5 Å². The van der Waals surface area contributed by atoms with Crippen LogP contribution in [-0.2, 0) is 13.6 Å². The summed E-state index contributed by atoms with van der Waals surface area (Å²) >= 11 is 0. The maximum absolute atomic E-state index is 11.0. The first-order chi connectivity index (χ1) is 8.58. The summed E-state index contributed by atoms with van der Waals surface area (Å²) in [6.07, 6.45) is 3.45. The molecule has 0 fully saturated rings. The second-order valence-corrected chi connectivity index (χ2v) is 3.97. The van der Waals surface area contributed by atoms with Crippen LogP contribution in [0, 0.1) is 6.92 Å². The Morgan fingerprint density at radius 2 is 2.33 bits per heavy atom. The highest BCUT2D eigenvalue weighted by Gasteiger charge is 2.11. The first kappa shape index (κ1) is 12.1. The van der Waals surface area contributed by atoms with E-state index in [9.17, 15) is 4.79 Å². The summed E-state index contributed by atoms with van der Waals surface area (Å²) in [5.74, 6) is -0.623. The van der Waals surface area contributed by atoms with Crippen molar-refractivity contribution in [3.8, 4) is 0 Å². The Morgan fingerprint density at radius 1 is 1.56 bits per heavy atom. The first-order valence-corrected chi connectivity index (χ1v) is 5.49. The minimum Gasteiger partial charge on any atom is -0.478 e. The number of aromatic nitrogens is 3. The molecule has 0 saturated carbocycles. The Balaban J connectivity index is 2.15. The van der Waals surface area contributed by atoms with Crippen LogP contribution in [0.15, 0.2) is 24.5 Å². The molecule has 0 spiro atoms. The summed E-state index contributed by atoms with van der Waals surface area (Å²) in [5, 5.41) is 16.3. The third-order valence-corrected chi connectivity index (χ3v) is 2.60. The Labute approximate surface area is 104 Å². The van der Waals surface area contributed by atoms with Gasteiger partial charge in [0.15, 0.2) is 0 Å². The molecule has 0 aliphatic rings. The first-order valence-electron chi connectivity index (χ1n) is 5.49.